The lowest BCUT2D eigenvalue weighted by atomic mass is 10.0. The van der Waals surface area contributed by atoms with Crippen LogP contribution in [0, 0.1) is 18.3 Å². The highest BCUT2D eigenvalue weighted by Crippen LogP contribution is 2.30. The molecule has 3 aromatic rings. The van der Waals surface area contributed by atoms with Crippen LogP contribution in [0.15, 0.2) is 36.4 Å². The summed E-state index contributed by atoms with van der Waals surface area (Å²) in [7, 11) is 2.08. The molecule has 2 heterocycles. The summed E-state index contributed by atoms with van der Waals surface area (Å²) in [5, 5.41) is 22.6. The van der Waals surface area contributed by atoms with Gasteiger partial charge in [0.05, 0.1) is 22.6 Å². The third-order valence-electron chi connectivity index (χ3n) is 5.83. The average molecular weight is 431 g/mol. The summed E-state index contributed by atoms with van der Waals surface area (Å²) < 4.78 is 0. The number of rotatable bonds is 5. The number of fused-ring (bicyclic) bond motifs is 1. The first-order chi connectivity index (χ1) is 15.4. The topological polar surface area (TPSA) is 105 Å². The zero-order valence-corrected chi connectivity index (χ0v) is 18.5. The fraction of sp³-hybridized carbons (Fsp3) is 0.333. The van der Waals surface area contributed by atoms with E-state index in [4.69, 9.17) is 4.98 Å². The molecule has 1 aromatic heterocycles. The van der Waals surface area contributed by atoms with Crippen LogP contribution in [0.2, 0.25) is 0 Å². The lowest BCUT2D eigenvalue weighted by Crippen LogP contribution is -2.45. The molecule has 0 radical (unpaired) electrons. The molecule has 164 valence electrons. The van der Waals surface area contributed by atoms with Gasteiger partial charge in [-0.1, -0.05) is 18.2 Å². The Labute approximate surface area is 187 Å². The molecule has 1 aliphatic heterocycles. The summed E-state index contributed by atoms with van der Waals surface area (Å²) in [6.07, 6.45) is 0. The van der Waals surface area contributed by atoms with E-state index in [9.17, 15) is 15.2 Å². The van der Waals surface area contributed by atoms with Gasteiger partial charge in [-0.3, -0.25) is 0 Å². The van der Waals surface area contributed by atoms with Gasteiger partial charge in [0, 0.05) is 37.4 Å². The monoisotopic (exact) mass is 430 g/mol. The predicted molar refractivity (Wildman–Crippen MR) is 124 cm³/mol. The molecule has 1 fully saturated rings. The quantitative estimate of drug-likeness (QED) is 0.634. The summed E-state index contributed by atoms with van der Waals surface area (Å²) in [5.74, 6) is -0.374. The molecular weight excluding hydrogens is 404 g/mol. The van der Waals surface area contributed by atoms with Crippen LogP contribution in [0.5, 0.6) is 0 Å². The van der Waals surface area contributed by atoms with Gasteiger partial charge >= 0.3 is 5.97 Å². The maximum absolute atomic E-state index is 11.6. The highest BCUT2D eigenvalue weighted by atomic mass is 16.4. The number of para-hydroxylation sites is 1. The Morgan fingerprint density at radius 3 is 2.59 bits per heavy atom. The second-order valence-electron chi connectivity index (χ2n) is 8.24. The number of aryl methyl sites for hydroxylation is 1. The summed E-state index contributed by atoms with van der Waals surface area (Å²) in [6.45, 7) is 7.31. The summed E-state index contributed by atoms with van der Waals surface area (Å²) in [6, 6.07) is 12.8. The molecule has 0 amide bonds. The fourth-order valence-electron chi connectivity index (χ4n) is 4.07. The van der Waals surface area contributed by atoms with E-state index in [2.05, 4.69) is 33.2 Å². The zero-order valence-electron chi connectivity index (χ0n) is 18.5. The number of likely N-dealkylation sites (N-methyl/N-ethyl adjacent to an activating group) is 1. The molecule has 2 N–H and O–H groups in total. The van der Waals surface area contributed by atoms with Crippen LogP contribution >= 0.6 is 0 Å². The van der Waals surface area contributed by atoms with Crippen molar-refractivity contribution >= 4 is 28.5 Å². The minimum atomic E-state index is -0.981. The van der Waals surface area contributed by atoms with Gasteiger partial charge in [0.1, 0.15) is 6.07 Å². The fourth-order valence-corrected chi connectivity index (χ4v) is 4.07. The van der Waals surface area contributed by atoms with Gasteiger partial charge in [0.25, 0.3) is 0 Å². The number of carboxylic acids is 1. The Bertz CT molecular complexity index is 1210. The SMILES string of the molecule is Cc1cc([C@@H](C)Nc2ccccc2C(=O)O)c2nc(N3CCN(C)CC3)c(C#N)nc2c1. The van der Waals surface area contributed by atoms with Gasteiger partial charge in [-0.25, -0.2) is 14.8 Å². The molecule has 4 rings (SSSR count). The molecule has 1 aliphatic rings. The zero-order chi connectivity index (χ0) is 22.8. The number of carbonyl (C=O) groups is 1. The molecule has 0 aliphatic carbocycles. The summed E-state index contributed by atoms with van der Waals surface area (Å²) in [5.41, 5.74) is 4.38. The number of piperazine rings is 1. The highest BCUT2D eigenvalue weighted by Gasteiger charge is 2.22. The second-order valence-corrected chi connectivity index (χ2v) is 8.24. The lowest BCUT2D eigenvalue weighted by molar-refractivity contribution is 0.0698. The average Bonchev–Trinajstić information content (AvgIpc) is 2.78. The van der Waals surface area contributed by atoms with Gasteiger partial charge in [0.15, 0.2) is 11.5 Å². The molecule has 32 heavy (non-hydrogen) atoms. The number of hydrogen-bond acceptors (Lipinski definition) is 7. The number of nitrogens with zero attached hydrogens (tertiary/aromatic N) is 5. The number of anilines is 2. The molecule has 0 bridgehead atoms. The second kappa shape index (κ2) is 8.81. The van der Waals surface area contributed by atoms with E-state index in [1.54, 1.807) is 24.3 Å². The third-order valence-corrected chi connectivity index (χ3v) is 5.83. The van der Waals surface area contributed by atoms with Gasteiger partial charge < -0.3 is 20.2 Å². The first-order valence-corrected chi connectivity index (χ1v) is 10.6. The molecule has 0 saturated carbocycles. The maximum atomic E-state index is 11.6. The number of benzene rings is 2. The Kier molecular flexibility index (Phi) is 5.93. The Hall–Kier alpha value is -3.70. The molecule has 8 heteroatoms. The number of nitriles is 1. The number of carboxylic acid groups (broad SMARTS) is 1. The minimum Gasteiger partial charge on any atom is -0.478 e. The highest BCUT2D eigenvalue weighted by molar-refractivity contribution is 5.94. The van der Waals surface area contributed by atoms with E-state index in [0.717, 1.165) is 42.8 Å². The first-order valence-electron chi connectivity index (χ1n) is 10.6. The van der Waals surface area contributed by atoms with Crippen molar-refractivity contribution in [2.24, 2.45) is 0 Å². The number of hydrogen-bond donors (Lipinski definition) is 2. The third kappa shape index (κ3) is 4.20. The predicted octanol–water partition coefficient (Wildman–Crippen LogP) is 3.43. The van der Waals surface area contributed by atoms with Crippen LogP contribution in [0.4, 0.5) is 11.5 Å². The first kappa shape index (κ1) is 21.5. The minimum absolute atomic E-state index is 0.215. The normalized spacial score (nSPS) is 15.4. The Morgan fingerprint density at radius 1 is 1.19 bits per heavy atom. The van der Waals surface area contributed by atoms with E-state index in [1.165, 1.54) is 0 Å². The number of aromatic carboxylic acids is 1. The molecule has 2 aromatic carbocycles. The van der Waals surface area contributed by atoms with E-state index >= 15 is 0 Å². The summed E-state index contributed by atoms with van der Waals surface area (Å²) >= 11 is 0. The van der Waals surface area contributed by atoms with E-state index in [-0.39, 0.29) is 11.6 Å². The Balaban J connectivity index is 1.78. The van der Waals surface area contributed by atoms with Crippen LogP contribution in [-0.4, -0.2) is 59.2 Å². The van der Waals surface area contributed by atoms with E-state index in [0.29, 0.717) is 22.7 Å². The van der Waals surface area contributed by atoms with Gasteiger partial charge in [-0.05, 0) is 44.7 Å². The molecular formula is C24H26N6O2. The van der Waals surface area contributed by atoms with E-state index in [1.807, 2.05) is 26.0 Å². The lowest BCUT2D eigenvalue weighted by Gasteiger charge is -2.33. The van der Waals surface area contributed by atoms with Crippen LogP contribution in [0.1, 0.15) is 40.1 Å². The van der Waals surface area contributed by atoms with Crippen molar-refractivity contribution in [3.63, 3.8) is 0 Å². The van der Waals surface area contributed by atoms with Crippen LogP contribution in [0.25, 0.3) is 11.0 Å². The van der Waals surface area contributed by atoms with Crippen LogP contribution in [0.3, 0.4) is 0 Å². The Morgan fingerprint density at radius 2 is 1.91 bits per heavy atom. The standard InChI is InChI=1S/C24H26N6O2/c1-15-12-18(16(2)26-19-7-5-4-6-17(19)24(31)32)22-20(13-15)27-21(14-25)23(28-22)30-10-8-29(3)9-11-30/h4-7,12-13,16,26H,8-11H2,1-3H3,(H,31,32)/t16-/m1/s1. The largest absolute Gasteiger partial charge is 0.478 e. The van der Waals surface area contributed by atoms with Crippen molar-refractivity contribution in [2.75, 3.05) is 43.4 Å². The van der Waals surface area contributed by atoms with E-state index < -0.39 is 5.97 Å². The molecule has 0 unspecified atom stereocenters. The van der Waals surface area contributed by atoms with Crippen LogP contribution in [-0.2, 0) is 0 Å². The van der Waals surface area contributed by atoms with Crippen molar-refractivity contribution in [2.45, 2.75) is 19.9 Å². The maximum Gasteiger partial charge on any atom is 0.337 e. The van der Waals surface area contributed by atoms with Crippen molar-refractivity contribution in [3.05, 3.63) is 58.8 Å². The van der Waals surface area contributed by atoms with Crippen molar-refractivity contribution in [3.8, 4) is 6.07 Å². The van der Waals surface area contributed by atoms with Crippen molar-refractivity contribution < 1.29 is 9.90 Å². The van der Waals surface area contributed by atoms with Crippen molar-refractivity contribution in [1.82, 2.24) is 14.9 Å². The summed E-state index contributed by atoms with van der Waals surface area (Å²) in [4.78, 5) is 25.5. The molecule has 1 atom stereocenters. The molecule has 8 nitrogen and oxygen atoms in total. The smallest absolute Gasteiger partial charge is 0.337 e. The van der Waals surface area contributed by atoms with Gasteiger partial charge in [0.2, 0.25) is 0 Å². The number of nitrogens with one attached hydrogen (secondary N) is 1. The molecule has 1 saturated heterocycles. The molecule has 0 spiro atoms. The van der Waals surface area contributed by atoms with Crippen LogP contribution < -0.4 is 10.2 Å². The van der Waals surface area contributed by atoms with Crippen molar-refractivity contribution in [1.29, 1.82) is 5.26 Å². The van der Waals surface area contributed by atoms with Gasteiger partial charge in [-0.2, -0.15) is 5.26 Å². The number of aromatic nitrogens is 2. The van der Waals surface area contributed by atoms with Gasteiger partial charge in [-0.15, -0.1) is 0 Å².